The first-order valence-electron chi connectivity index (χ1n) is 5.80. The predicted molar refractivity (Wildman–Crippen MR) is 65.8 cm³/mol. The number of rotatable bonds is 6. The van der Waals surface area contributed by atoms with Crippen molar-refractivity contribution in [2.45, 2.75) is 25.7 Å². The minimum absolute atomic E-state index is 0.00327. The van der Waals surface area contributed by atoms with E-state index in [1.165, 1.54) is 6.07 Å². The van der Waals surface area contributed by atoms with Gasteiger partial charge in [-0.2, -0.15) is 0 Å². The van der Waals surface area contributed by atoms with E-state index in [9.17, 15) is 9.18 Å². The van der Waals surface area contributed by atoms with Crippen molar-refractivity contribution in [2.24, 2.45) is 0 Å². The highest BCUT2D eigenvalue weighted by Gasteiger charge is 2.03. The van der Waals surface area contributed by atoms with Crippen LogP contribution in [0.25, 0.3) is 0 Å². The summed E-state index contributed by atoms with van der Waals surface area (Å²) >= 11 is 0. The Labute approximate surface area is 102 Å². The van der Waals surface area contributed by atoms with Crippen LogP contribution in [0.15, 0.2) is 24.3 Å². The first-order valence-corrected chi connectivity index (χ1v) is 5.80. The Morgan fingerprint density at radius 2 is 2.00 bits per heavy atom. The van der Waals surface area contributed by atoms with Crippen molar-refractivity contribution in [1.82, 2.24) is 10.4 Å². The average Bonchev–Trinajstić information content (AvgIpc) is 2.25. The summed E-state index contributed by atoms with van der Waals surface area (Å²) in [5.41, 5.74) is 3.40. The van der Waals surface area contributed by atoms with Crippen LogP contribution in [0, 0.1) is 5.82 Å². The molecule has 1 aromatic rings. The fourth-order valence-electron chi connectivity index (χ4n) is 1.61. The van der Waals surface area contributed by atoms with Crippen LogP contribution in [0.4, 0.5) is 4.39 Å². The number of nitrogens with one attached hydrogen (secondary N) is 1. The van der Waals surface area contributed by atoms with Crippen molar-refractivity contribution >= 4 is 5.91 Å². The molecule has 1 N–H and O–H groups in total. The fourth-order valence-corrected chi connectivity index (χ4v) is 1.61. The maximum atomic E-state index is 13.3. The minimum Gasteiger partial charge on any atom is -0.289 e. The molecular formula is C13H19FN2O. The summed E-state index contributed by atoms with van der Waals surface area (Å²) < 4.78 is 13.3. The number of hydrogen-bond donors (Lipinski definition) is 1. The van der Waals surface area contributed by atoms with Gasteiger partial charge in [0.1, 0.15) is 5.82 Å². The van der Waals surface area contributed by atoms with Gasteiger partial charge in [0.15, 0.2) is 0 Å². The number of halogens is 1. The maximum absolute atomic E-state index is 13.3. The van der Waals surface area contributed by atoms with Crippen molar-refractivity contribution in [3.8, 4) is 0 Å². The van der Waals surface area contributed by atoms with Crippen LogP contribution in [0.2, 0.25) is 0 Å². The summed E-state index contributed by atoms with van der Waals surface area (Å²) in [6.45, 7) is 0. The van der Waals surface area contributed by atoms with Crippen LogP contribution in [0.1, 0.15) is 24.8 Å². The van der Waals surface area contributed by atoms with Gasteiger partial charge in [0, 0.05) is 20.5 Å². The van der Waals surface area contributed by atoms with Gasteiger partial charge in [-0.1, -0.05) is 18.2 Å². The third kappa shape index (κ3) is 5.45. The lowest BCUT2D eigenvalue weighted by molar-refractivity contribution is -0.124. The zero-order valence-corrected chi connectivity index (χ0v) is 10.4. The van der Waals surface area contributed by atoms with Crippen molar-refractivity contribution in [3.63, 3.8) is 0 Å². The Kier molecular flexibility index (Phi) is 5.63. The van der Waals surface area contributed by atoms with E-state index in [1.807, 2.05) is 6.07 Å². The van der Waals surface area contributed by atoms with Crippen LogP contribution >= 0.6 is 0 Å². The third-order valence-corrected chi connectivity index (χ3v) is 2.41. The van der Waals surface area contributed by atoms with Crippen molar-refractivity contribution in [2.75, 3.05) is 14.1 Å². The normalized spacial score (nSPS) is 10.6. The largest absolute Gasteiger partial charge is 0.289 e. The summed E-state index contributed by atoms with van der Waals surface area (Å²) in [7, 11) is 3.55. The SMILES string of the molecule is CN(C)NC(=O)CCCCc1ccccc1F. The molecule has 4 heteroatoms. The highest BCUT2D eigenvalue weighted by molar-refractivity contribution is 5.75. The van der Waals surface area contributed by atoms with Gasteiger partial charge in [-0.3, -0.25) is 10.2 Å². The van der Waals surface area contributed by atoms with Crippen LogP contribution in [-0.2, 0) is 11.2 Å². The van der Waals surface area contributed by atoms with Gasteiger partial charge >= 0.3 is 0 Å². The molecule has 0 aliphatic carbocycles. The summed E-state index contributed by atoms with van der Waals surface area (Å²) in [4.78, 5) is 11.3. The Balaban J connectivity index is 2.21. The predicted octanol–water partition coefficient (Wildman–Crippen LogP) is 2.13. The van der Waals surface area contributed by atoms with Gasteiger partial charge in [0.2, 0.25) is 5.91 Å². The zero-order valence-electron chi connectivity index (χ0n) is 10.4. The van der Waals surface area contributed by atoms with Gasteiger partial charge in [0.05, 0.1) is 0 Å². The molecule has 0 saturated carbocycles. The number of unbranched alkanes of at least 4 members (excludes halogenated alkanes) is 1. The average molecular weight is 238 g/mol. The molecule has 0 bridgehead atoms. The standard InChI is InChI=1S/C13H19FN2O/c1-16(2)15-13(17)10-6-4-8-11-7-3-5-9-12(11)14/h3,5,7,9H,4,6,8,10H2,1-2H3,(H,15,17). The highest BCUT2D eigenvalue weighted by Crippen LogP contribution is 2.10. The first kappa shape index (κ1) is 13.6. The molecule has 1 aromatic carbocycles. The van der Waals surface area contributed by atoms with Crippen LogP contribution in [0.5, 0.6) is 0 Å². The first-order chi connectivity index (χ1) is 8.09. The lowest BCUT2D eigenvalue weighted by atomic mass is 10.1. The molecule has 0 aliphatic heterocycles. The Morgan fingerprint density at radius 1 is 1.29 bits per heavy atom. The van der Waals surface area contributed by atoms with Crippen molar-refractivity contribution in [3.05, 3.63) is 35.6 Å². The quantitative estimate of drug-likeness (QED) is 0.608. The molecule has 0 fully saturated rings. The van der Waals surface area contributed by atoms with Gasteiger partial charge in [-0.25, -0.2) is 9.40 Å². The number of carbonyl (C=O) groups is 1. The van der Waals surface area contributed by atoms with Crippen LogP contribution in [0.3, 0.4) is 0 Å². The number of nitrogens with zero attached hydrogens (tertiary/aromatic N) is 1. The molecule has 1 amide bonds. The molecule has 1 rings (SSSR count). The Bertz CT molecular complexity index is 366. The van der Waals surface area contributed by atoms with E-state index in [4.69, 9.17) is 0 Å². The molecule has 0 unspecified atom stereocenters. The molecule has 0 aromatic heterocycles. The van der Waals surface area contributed by atoms with E-state index in [0.29, 0.717) is 12.8 Å². The van der Waals surface area contributed by atoms with Gasteiger partial charge in [0.25, 0.3) is 0 Å². The summed E-state index contributed by atoms with van der Waals surface area (Å²) in [6.07, 6.45) is 2.75. The molecule has 94 valence electrons. The summed E-state index contributed by atoms with van der Waals surface area (Å²) in [6, 6.07) is 6.77. The lowest BCUT2D eigenvalue weighted by Gasteiger charge is -2.11. The second-order valence-electron chi connectivity index (χ2n) is 4.23. The number of amides is 1. The van der Waals surface area contributed by atoms with Gasteiger partial charge in [-0.15, -0.1) is 0 Å². The third-order valence-electron chi connectivity index (χ3n) is 2.41. The smallest absolute Gasteiger partial charge is 0.234 e. The Morgan fingerprint density at radius 3 is 2.65 bits per heavy atom. The molecule has 0 spiro atoms. The van der Waals surface area contributed by atoms with E-state index in [0.717, 1.165) is 18.4 Å². The topological polar surface area (TPSA) is 32.3 Å². The van der Waals surface area contributed by atoms with Crippen LogP contribution in [-0.4, -0.2) is 25.0 Å². The molecule has 0 saturated heterocycles. The Hall–Kier alpha value is -1.42. The van der Waals surface area contributed by atoms with E-state index >= 15 is 0 Å². The lowest BCUT2D eigenvalue weighted by Crippen LogP contribution is -2.35. The number of aryl methyl sites for hydroxylation is 1. The van der Waals surface area contributed by atoms with E-state index in [1.54, 1.807) is 31.2 Å². The molecule has 0 aliphatic rings. The minimum atomic E-state index is -0.162. The summed E-state index contributed by atoms with van der Waals surface area (Å²) in [5.74, 6) is -0.159. The number of benzene rings is 1. The molecular weight excluding hydrogens is 219 g/mol. The van der Waals surface area contributed by atoms with E-state index < -0.39 is 0 Å². The van der Waals surface area contributed by atoms with Crippen molar-refractivity contribution in [1.29, 1.82) is 0 Å². The number of carbonyl (C=O) groups excluding carboxylic acids is 1. The second kappa shape index (κ2) is 7.01. The second-order valence-corrected chi connectivity index (χ2v) is 4.23. The molecule has 17 heavy (non-hydrogen) atoms. The van der Waals surface area contributed by atoms with E-state index in [2.05, 4.69) is 5.43 Å². The van der Waals surface area contributed by atoms with Crippen molar-refractivity contribution < 1.29 is 9.18 Å². The highest BCUT2D eigenvalue weighted by atomic mass is 19.1. The molecule has 0 radical (unpaired) electrons. The number of hydrazine groups is 1. The van der Waals surface area contributed by atoms with Gasteiger partial charge in [-0.05, 0) is 30.9 Å². The van der Waals surface area contributed by atoms with E-state index in [-0.39, 0.29) is 11.7 Å². The molecule has 3 nitrogen and oxygen atoms in total. The zero-order chi connectivity index (χ0) is 12.7. The maximum Gasteiger partial charge on any atom is 0.234 e. The number of hydrogen-bond acceptors (Lipinski definition) is 2. The monoisotopic (exact) mass is 238 g/mol. The van der Waals surface area contributed by atoms with Crippen LogP contribution < -0.4 is 5.43 Å². The molecule has 0 heterocycles. The van der Waals surface area contributed by atoms with Gasteiger partial charge < -0.3 is 0 Å². The fraction of sp³-hybridized carbons (Fsp3) is 0.462. The molecule has 0 atom stereocenters. The summed E-state index contributed by atoms with van der Waals surface area (Å²) in [5, 5.41) is 1.62.